The Morgan fingerprint density at radius 1 is 0.761 bits per heavy atom. The lowest BCUT2D eigenvalue weighted by molar-refractivity contribution is 0.303. The van der Waals surface area contributed by atoms with Gasteiger partial charge in [0.2, 0.25) is 0 Å². The standard InChI is InChI=1S/C20H21N.C16H18O.C7H14O/c1-3-19-17(10-9-16-7-4-6-15(2)14-16)11-12-18-8-5-13-21-20(18)19;1-3-15-9-4-5-10-16(15)17-12-14-8-6-7-13(2)11-14;1-4-5-6(2)7(3)8/h4-8,11-14H,3,9-10H2,1-2H3;4-11H,3,12H2,1-2H3;6,8H,3-5H2,1-2H3. The molecule has 4 aromatic carbocycles. The highest BCUT2D eigenvalue weighted by Crippen LogP contribution is 2.23. The fourth-order valence-electron chi connectivity index (χ4n) is 5.52. The van der Waals surface area contributed by atoms with Gasteiger partial charge < -0.3 is 9.84 Å². The van der Waals surface area contributed by atoms with Crippen molar-refractivity contribution < 1.29 is 9.84 Å². The Kier molecular flexibility index (Phi) is 15.1. The van der Waals surface area contributed by atoms with Gasteiger partial charge in [0.1, 0.15) is 12.4 Å². The second-order valence-corrected chi connectivity index (χ2v) is 12.0. The van der Waals surface area contributed by atoms with Gasteiger partial charge in [0.05, 0.1) is 11.3 Å². The van der Waals surface area contributed by atoms with E-state index in [-0.39, 0.29) is 5.92 Å². The molecule has 0 saturated carbocycles. The van der Waals surface area contributed by atoms with Crippen LogP contribution in [-0.4, -0.2) is 10.1 Å². The molecular weight excluding hydrogens is 562 g/mol. The van der Waals surface area contributed by atoms with Crippen molar-refractivity contribution in [3.05, 3.63) is 155 Å². The molecular formula is C43H53NO2. The summed E-state index contributed by atoms with van der Waals surface area (Å²) in [6, 6.07) is 34.1. The van der Waals surface area contributed by atoms with Gasteiger partial charge in [0.25, 0.3) is 0 Å². The van der Waals surface area contributed by atoms with E-state index >= 15 is 0 Å². The number of aromatic nitrogens is 1. The average molecular weight is 616 g/mol. The van der Waals surface area contributed by atoms with Gasteiger partial charge in [0.15, 0.2) is 0 Å². The summed E-state index contributed by atoms with van der Waals surface area (Å²) < 4.78 is 5.87. The molecule has 1 unspecified atom stereocenters. The summed E-state index contributed by atoms with van der Waals surface area (Å²) >= 11 is 0. The molecule has 0 fully saturated rings. The number of rotatable bonds is 11. The van der Waals surface area contributed by atoms with Gasteiger partial charge in [-0.15, -0.1) is 0 Å². The molecule has 3 heteroatoms. The van der Waals surface area contributed by atoms with E-state index in [1.807, 2.05) is 31.3 Å². The number of hydrogen-bond donors (Lipinski definition) is 1. The predicted octanol–water partition coefficient (Wildman–Crippen LogP) is 11.5. The number of benzene rings is 4. The van der Waals surface area contributed by atoms with Crippen LogP contribution < -0.4 is 4.74 Å². The molecule has 242 valence electrons. The molecule has 0 saturated heterocycles. The number of pyridine rings is 1. The van der Waals surface area contributed by atoms with Crippen molar-refractivity contribution in [1.82, 2.24) is 4.98 Å². The van der Waals surface area contributed by atoms with Crippen molar-refractivity contribution in [3.63, 3.8) is 0 Å². The molecule has 3 nitrogen and oxygen atoms in total. The Morgan fingerprint density at radius 2 is 1.46 bits per heavy atom. The van der Waals surface area contributed by atoms with Crippen LogP contribution in [0.15, 0.2) is 116 Å². The van der Waals surface area contributed by atoms with E-state index in [9.17, 15) is 0 Å². The Morgan fingerprint density at radius 3 is 2.09 bits per heavy atom. The van der Waals surface area contributed by atoms with Gasteiger partial charge in [-0.25, -0.2) is 0 Å². The summed E-state index contributed by atoms with van der Waals surface area (Å²) in [5.41, 5.74) is 10.5. The molecule has 0 aliphatic carbocycles. The molecule has 0 bridgehead atoms. The smallest absolute Gasteiger partial charge is 0.122 e. The van der Waals surface area contributed by atoms with Gasteiger partial charge in [-0.2, -0.15) is 0 Å². The van der Waals surface area contributed by atoms with Crippen LogP contribution in [0.5, 0.6) is 5.75 Å². The van der Waals surface area contributed by atoms with Crippen molar-refractivity contribution in [3.8, 4) is 5.75 Å². The molecule has 1 N–H and O–H groups in total. The highest BCUT2D eigenvalue weighted by atomic mass is 16.5. The zero-order valence-electron chi connectivity index (χ0n) is 28.9. The molecule has 0 spiro atoms. The zero-order chi connectivity index (χ0) is 33.3. The third-order valence-electron chi connectivity index (χ3n) is 8.22. The highest BCUT2D eigenvalue weighted by Gasteiger charge is 2.07. The maximum Gasteiger partial charge on any atom is 0.122 e. The maximum absolute atomic E-state index is 8.76. The first kappa shape index (κ1) is 36.1. The molecule has 5 rings (SSSR count). The lowest BCUT2D eigenvalue weighted by Gasteiger charge is -2.11. The number of allylic oxidation sites excluding steroid dienone is 1. The Bertz CT molecular complexity index is 1650. The van der Waals surface area contributed by atoms with Crippen molar-refractivity contribution in [2.24, 2.45) is 5.92 Å². The van der Waals surface area contributed by atoms with Crippen molar-refractivity contribution in [2.75, 3.05) is 0 Å². The zero-order valence-corrected chi connectivity index (χ0v) is 28.9. The van der Waals surface area contributed by atoms with E-state index in [1.54, 1.807) is 0 Å². The Balaban J connectivity index is 0.000000207. The van der Waals surface area contributed by atoms with Crippen LogP contribution in [0.25, 0.3) is 10.9 Å². The quantitative estimate of drug-likeness (QED) is 0.150. The molecule has 0 aliphatic rings. The minimum absolute atomic E-state index is 0.278. The number of nitrogens with zero attached hydrogens (tertiary/aromatic N) is 1. The summed E-state index contributed by atoms with van der Waals surface area (Å²) in [5.74, 6) is 1.59. The molecule has 46 heavy (non-hydrogen) atoms. The first-order valence-electron chi connectivity index (χ1n) is 16.8. The number of para-hydroxylation sites is 1. The number of fused-ring (bicyclic) bond motifs is 1. The first-order chi connectivity index (χ1) is 22.2. The fraction of sp³-hybridized carbons (Fsp3) is 0.326. The topological polar surface area (TPSA) is 42.4 Å². The van der Waals surface area contributed by atoms with E-state index in [4.69, 9.17) is 9.84 Å². The molecule has 5 aromatic rings. The van der Waals surface area contributed by atoms with E-state index in [2.05, 4.69) is 125 Å². The minimum Gasteiger partial charge on any atom is -0.513 e. The number of aliphatic hydroxyl groups excluding tert-OH is 1. The van der Waals surface area contributed by atoms with E-state index in [1.165, 1.54) is 49.8 Å². The Hall–Kier alpha value is -4.37. The SMILES string of the molecule is C=C(O)C(C)CCC.CCc1c(CCc2cccc(C)c2)ccc2cccnc12.CCc1ccccc1OCc1cccc(C)c1. The Labute approximate surface area is 278 Å². The van der Waals surface area contributed by atoms with Crippen LogP contribution >= 0.6 is 0 Å². The lowest BCUT2D eigenvalue weighted by atomic mass is 9.95. The average Bonchev–Trinajstić information content (AvgIpc) is 3.07. The number of aryl methyl sites for hydroxylation is 6. The normalized spacial score (nSPS) is 11.1. The van der Waals surface area contributed by atoms with Crippen LogP contribution in [0.2, 0.25) is 0 Å². The molecule has 0 radical (unpaired) electrons. The van der Waals surface area contributed by atoms with Crippen LogP contribution in [0.1, 0.15) is 79.5 Å². The monoisotopic (exact) mass is 615 g/mol. The third kappa shape index (κ3) is 11.5. The van der Waals surface area contributed by atoms with Crippen molar-refractivity contribution in [1.29, 1.82) is 0 Å². The lowest BCUT2D eigenvalue weighted by Crippen LogP contribution is -1.99. The van der Waals surface area contributed by atoms with Gasteiger partial charge in [-0.05, 0) is 85.9 Å². The number of aliphatic hydroxyl groups is 1. The summed E-state index contributed by atoms with van der Waals surface area (Å²) in [7, 11) is 0. The van der Waals surface area contributed by atoms with Crippen LogP contribution in [0.3, 0.4) is 0 Å². The molecule has 1 heterocycles. The summed E-state index contributed by atoms with van der Waals surface area (Å²) in [4.78, 5) is 4.58. The second-order valence-electron chi connectivity index (χ2n) is 12.0. The predicted molar refractivity (Wildman–Crippen MR) is 197 cm³/mol. The fourth-order valence-corrected chi connectivity index (χ4v) is 5.52. The number of ether oxygens (including phenoxy) is 1. The molecule has 1 aromatic heterocycles. The summed E-state index contributed by atoms with van der Waals surface area (Å²) in [6.07, 6.45) is 8.26. The summed E-state index contributed by atoms with van der Waals surface area (Å²) in [6.45, 7) is 16.8. The first-order valence-corrected chi connectivity index (χ1v) is 16.8. The van der Waals surface area contributed by atoms with Gasteiger partial charge in [-0.3, -0.25) is 4.98 Å². The minimum atomic E-state index is 0.278. The van der Waals surface area contributed by atoms with Crippen molar-refractivity contribution in [2.45, 2.75) is 86.7 Å². The van der Waals surface area contributed by atoms with Crippen LogP contribution in [0.4, 0.5) is 0 Å². The molecule has 0 aliphatic heterocycles. The van der Waals surface area contributed by atoms with Crippen molar-refractivity contribution >= 4 is 10.9 Å². The largest absolute Gasteiger partial charge is 0.513 e. The van der Waals surface area contributed by atoms with Gasteiger partial charge in [0, 0.05) is 17.5 Å². The van der Waals surface area contributed by atoms with Gasteiger partial charge in [-0.1, -0.05) is 137 Å². The van der Waals surface area contributed by atoms with Gasteiger partial charge >= 0.3 is 0 Å². The van der Waals surface area contributed by atoms with E-state index < -0.39 is 0 Å². The maximum atomic E-state index is 8.76. The third-order valence-corrected chi connectivity index (χ3v) is 8.22. The molecule has 1 atom stereocenters. The molecule has 0 amide bonds. The van der Waals surface area contributed by atoms with E-state index in [0.717, 1.165) is 44.3 Å². The highest BCUT2D eigenvalue weighted by molar-refractivity contribution is 5.82. The number of hydrogen-bond acceptors (Lipinski definition) is 3. The van der Waals surface area contributed by atoms with Crippen LogP contribution in [-0.2, 0) is 32.3 Å². The van der Waals surface area contributed by atoms with E-state index in [0.29, 0.717) is 12.4 Å². The van der Waals surface area contributed by atoms with Crippen LogP contribution in [0, 0.1) is 19.8 Å². The summed E-state index contributed by atoms with van der Waals surface area (Å²) in [5, 5.41) is 10.0. The second kappa shape index (κ2) is 19.2.